The van der Waals surface area contributed by atoms with Crippen molar-refractivity contribution < 1.29 is 4.74 Å². The van der Waals surface area contributed by atoms with Gasteiger partial charge in [-0.3, -0.25) is 0 Å². The monoisotopic (exact) mass is 335 g/mol. The van der Waals surface area contributed by atoms with Gasteiger partial charge < -0.3 is 10.5 Å². The Bertz CT molecular complexity index is 646. The van der Waals surface area contributed by atoms with Gasteiger partial charge in [0.2, 0.25) is 0 Å². The van der Waals surface area contributed by atoms with E-state index in [4.69, 9.17) is 27.1 Å². The SMILES string of the molecule is CC1CC2CSC(N)=NC2(C2=CC(C#N)=CC=C(Cl)C2)CO1. The van der Waals surface area contributed by atoms with Crippen LogP contribution in [0.4, 0.5) is 0 Å². The first-order valence-electron chi connectivity index (χ1n) is 7.31. The lowest BCUT2D eigenvalue weighted by molar-refractivity contribution is -0.0324. The van der Waals surface area contributed by atoms with E-state index in [1.165, 1.54) is 0 Å². The molecule has 0 aromatic heterocycles. The number of hydrogen-bond donors (Lipinski definition) is 1. The fourth-order valence-corrected chi connectivity index (χ4v) is 4.50. The second-order valence-electron chi connectivity index (χ2n) is 5.93. The van der Waals surface area contributed by atoms with Crippen LogP contribution in [0.5, 0.6) is 0 Å². The summed E-state index contributed by atoms with van der Waals surface area (Å²) in [6.45, 7) is 2.58. The summed E-state index contributed by atoms with van der Waals surface area (Å²) in [6.07, 6.45) is 7.18. The molecule has 0 aromatic carbocycles. The standard InChI is InChI=1S/C16H18ClN3OS/c1-10-4-13-8-22-15(19)20-16(13,9-21-10)12-5-11(7-18)2-3-14(17)6-12/h2-3,5,10,13H,4,6,8-9H2,1H3,(H2,19,20). The van der Waals surface area contributed by atoms with Gasteiger partial charge in [-0.05, 0) is 37.1 Å². The van der Waals surface area contributed by atoms with Crippen LogP contribution in [0.2, 0.25) is 0 Å². The molecule has 3 rings (SSSR count). The number of nitriles is 1. The first-order chi connectivity index (χ1) is 10.5. The number of nitrogens with zero attached hydrogens (tertiary/aromatic N) is 2. The minimum Gasteiger partial charge on any atom is -0.379 e. The molecule has 22 heavy (non-hydrogen) atoms. The first-order valence-corrected chi connectivity index (χ1v) is 8.67. The van der Waals surface area contributed by atoms with Crippen molar-refractivity contribution in [2.75, 3.05) is 12.4 Å². The molecular formula is C16H18ClN3OS. The van der Waals surface area contributed by atoms with Crippen molar-refractivity contribution in [3.63, 3.8) is 0 Å². The molecule has 6 heteroatoms. The van der Waals surface area contributed by atoms with E-state index < -0.39 is 5.54 Å². The fraction of sp³-hybridized carbons (Fsp3) is 0.500. The average molecular weight is 336 g/mol. The lowest BCUT2D eigenvalue weighted by Gasteiger charge is -2.46. The van der Waals surface area contributed by atoms with Crippen molar-refractivity contribution in [2.24, 2.45) is 16.6 Å². The molecule has 3 aliphatic rings. The van der Waals surface area contributed by atoms with E-state index in [-0.39, 0.29) is 6.10 Å². The third kappa shape index (κ3) is 2.83. The Morgan fingerprint density at radius 3 is 3.14 bits per heavy atom. The third-order valence-corrected chi connectivity index (χ3v) is 5.66. The normalized spacial score (nSPS) is 35.1. The highest BCUT2D eigenvalue weighted by atomic mass is 35.5. The molecule has 1 fully saturated rings. The van der Waals surface area contributed by atoms with Gasteiger partial charge in [0.05, 0.1) is 24.4 Å². The molecule has 4 nitrogen and oxygen atoms in total. The number of amidine groups is 1. The van der Waals surface area contributed by atoms with Crippen LogP contribution in [0.15, 0.2) is 39.4 Å². The summed E-state index contributed by atoms with van der Waals surface area (Å²) in [5.74, 6) is 1.27. The maximum Gasteiger partial charge on any atom is 0.154 e. The summed E-state index contributed by atoms with van der Waals surface area (Å²) < 4.78 is 5.92. The maximum atomic E-state index is 9.28. The van der Waals surface area contributed by atoms with Crippen LogP contribution in [0.3, 0.4) is 0 Å². The number of halogens is 1. The molecule has 2 aliphatic heterocycles. The zero-order valence-corrected chi connectivity index (χ0v) is 14.0. The van der Waals surface area contributed by atoms with Gasteiger partial charge in [-0.1, -0.05) is 23.4 Å². The Hall–Kier alpha value is -1.22. The van der Waals surface area contributed by atoms with Gasteiger partial charge in [0.25, 0.3) is 0 Å². The van der Waals surface area contributed by atoms with Crippen LogP contribution in [0, 0.1) is 17.2 Å². The number of rotatable bonds is 1. The number of aliphatic imine (C=N–C) groups is 1. The van der Waals surface area contributed by atoms with Crippen LogP contribution in [-0.2, 0) is 4.74 Å². The number of hydrogen-bond acceptors (Lipinski definition) is 5. The number of ether oxygens (including phenoxy) is 1. The van der Waals surface area contributed by atoms with E-state index in [2.05, 4.69) is 13.0 Å². The number of nitrogens with two attached hydrogens (primary N) is 1. The minimum absolute atomic E-state index is 0.219. The van der Waals surface area contributed by atoms with Gasteiger partial charge in [0, 0.05) is 23.1 Å². The van der Waals surface area contributed by atoms with Crippen molar-refractivity contribution in [2.45, 2.75) is 31.4 Å². The van der Waals surface area contributed by atoms with Gasteiger partial charge in [0.15, 0.2) is 5.17 Å². The Morgan fingerprint density at radius 2 is 2.36 bits per heavy atom. The van der Waals surface area contributed by atoms with Crippen molar-refractivity contribution in [1.82, 2.24) is 0 Å². The molecule has 0 spiro atoms. The average Bonchev–Trinajstić information content (AvgIpc) is 2.69. The maximum absolute atomic E-state index is 9.28. The third-order valence-electron chi connectivity index (χ3n) is 4.44. The highest BCUT2D eigenvalue weighted by molar-refractivity contribution is 8.13. The van der Waals surface area contributed by atoms with Crippen LogP contribution >= 0.6 is 23.4 Å². The second kappa shape index (κ2) is 6.11. The van der Waals surface area contributed by atoms with E-state index in [0.29, 0.717) is 34.7 Å². The molecule has 0 radical (unpaired) electrons. The molecule has 3 unspecified atom stereocenters. The summed E-state index contributed by atoms with van der Waals surface area (Å²) in [4.78, 5) is 4.78. The Kier molecular flexibility index (Phi) is 4.35. The van der Waals surface area contributed by atoms with E-state index >= 15 is 0 Å². The molecule has 2 N–H and O–H groups in total. The lowest BCUT2D eigenvalue weighted by Crippen LogP contribution is -2.53. The molecule has 1 saturated heterocycles. The number of thioether (sulfide) groups is 1. The summed E-state index contributed by atoms with van der Waals surface area (Å²) in [7, 11) is 0. The molecular weight excluding hydrogens is 318 g/mol. The van der Waals surface area contributed by atoms with Gasteiger partial charge >= 0.3 is 0 Å². The van der Waals surface area contributed by atoms with E-state index in [0.717, 1.165) is 17.7 Å². The lowest BCUT2D eigenvalue weighted by atomic mass is 9.73. The predicted octanol–water partition coefficient (Wildman–Crippen LogP) is 3.11. The first kappa shape index (κ1) is 15.7. The molecule has 0 saturated carbocycles. The van der Waals surface area contributed by atoms with Crippen molar-refractivity contribution in [3.05, 3.63) is 34.4 Å². The molecule has 0 aromatic rings. The zero-order valence-electron chi connectivity index (χ0n) is 12.4. The molecule has 116 valence electrons. The van der Waals surface area contributed by atoms with Crippen molar-refractivity contribution in [1.29, 1.82) is 5.26 Å². The Balaban J connectivity index is 2.08. The van der Waals surface area contributed by atoms with Crippen LogP contribution in [-0.4, -0.2) is 29.2 Å². The largest absolute Gasteiger partial charge is 0.379 e. The number of allylic oxidation sites excluding steroid dienone is 5. The fourth-order valence-electron chi connectivity index (χ4n) is 3.28. The van der Waals surface area contributed by atoms with Gasteiger partial charge in [-0.15, -0.1) is 0 Å². The molecule has 2 heterocycles. The highest BCUT2D eigenvalue weighted by Crippen LogP contribution is 2.46. The predicted molar refractivity (Wildman–Crippen MR) is 90.7 cm³/mol. The van der Waals surface area contributed by atoms with Crippen LogP contribution in [0.25, 0.3) is 0 Å². The van der Waals surface area contributed by atoms with E-state index in [9.17, 15) is 5.26 Å². The summed E-state index contributed by atoms with van der Waals surface area (Å²) in [6, 6.07) is 2.20. The van der Waals surface area contributed by atoms with Gasteiger partial charge in [0.1, 0.15) is 5.54 Å². The highest BCUT2D eigenvalue weighted by Gasteiger charge is 2.48. The Morgan fingerprint density at radius 1 is 1.55 bits per heavy atom. The van der Waals surface area contributed by atoms with Gasteiger partial charge in [-0.2, -0.15) is 5.26 Å². The summed E-state index contributed by atoms with van der Waals surface area (Å²) >= 11 is 7.89. The molecule has 3 atom stereocenters. The Labute approximate surface area is 139 Å². The van der Waals surface area contributed by atoms with Crippen LogP contribution < -0.4 is 5.73 Å². The second-order valence-corrected chi connectivity index (χ2v) is 7.46. The van der Waals surface area contributed by atoms with Crippen LogP contribution in [0.1, 0.15) is 19.8 Å². The van der Waals surface area contributed by atoms with Crippen molar-refractivity contribution in [3.8, 4) is 6.07 Å². The molecule has 0 amide bonds. The van der Waals surface area contributed by atoms with Crippen molar-refractivity contribution >= 4 is 28.5 Å². The van der Waals surface area contributed by atoms with Gasteiger partial charge in [-0.25, -0.2) is 4.99 Å². The smallest absolute Gasteiger partial charge is 0.154 e. The van der Waals surface area contributed by atoms with E-state index in [1.807, 2.05) is 6.08 Å². The number of fused-ring (bicyclic) bond motifs is 1. The zero-order chi connectivity index (χ0) is 15.7. The molecule has 1 aliphatic carbocycles. The summed E-state index contributed by atoms with van der Waals surface area (Å²) in [5, 5.41) is 10.6. The minimum atomic E-state index is -0.490. The quantitative estimate of drug-likeness (QED) is 0.799. The summed E-state index contributed by atoms with van der Waals surface area (Å²) in [5.41, 5.74) is 7.14. The van der Waals surface area contributed by atoms with E-state index in [1.54, 1.807) is 23.9 Å². The molecule has 0 bridgehead atoms. The topological polar surface area (TPSA) is 71.4 Å².